The van der Waals surface area contributed by atoms with E-state index >= 15 is 0 Å². The van der Waals surface area contributed by atoms with E-state index in [0.717, 1.165) is 80.2 Å². The van der Waals surface area contributed by atoms with E-state index in [-0.39, 0.29) is 43.9 Å². The molecular weight excluding hydrogens is 580 g/mol. The molecule has 0 aromatic heterocycles. The van der Waals surface area contributed by atoms with Crippen molar-refractivity contribution >= 4 is 11.9 Å². The number of hydrogen-bond donors (Lipinski definition) is 1. The Balaban J connectivity index is 1.13. The molecule has 1 N–H and O–H groups in total. The first-order chi connectivity index (χ1) is 22.5. The van der Waals surface area contributed by atoms with Gasteiger partial charge in [-0.2, -0.15) is 0 Å². The van der Waals surface area contributed by atoms with E-state index in [2.05, 4.69) is 13.0 Å². The highest BCUT2D eigenvalue weighted by Gasteiger charge is 2.45. The van der Waals surface area contributed by atoms with E-state index < -0.39 is 5.97 Å². The van der Waals surface area contributed by atoms with Crippen LogP contribution in [-0.4, -0.2) is 42.5 Å². The van der Waals surface area contributed by atoms with E-state index in [4.69, 9.17) is 18.9 Å². The van der Waals surface area contributed by atoms with Gasteiger partial charge in [0.15, 0.2) is 6.61 Å². The van der Waals surface area contributed by atoms with Gasteiger partial charge in [-0.3, -0.25) is 0 Å². The fourth-order valence-corrected chi connectivity index (χ4v) is 7.16. The van der Waals surface area contributed by atoms with Crippen molar-refractivity contribution in [3.63, 3.8) is 0 Å². The van der Waals surface area contributed by atoms with Gasteiger partial charge >= 0.3 is 11.9 Å². The van der Waals surface area contributed by atoms with Crippen molar-refractivity contribution in [2.45, 2.75) is 90.1 Å². The molecule has 0 spiro atoms. The number of rotatable bonds is 17. The molecule has 1 saturated carbocycles. The number of aliphatic hydroxyl groups is 1. The van der Waals surface area contributed by atoms with Crippen molar-refractivity contribution in [2.75, 3.05) is 13.2 Å². The van der Waals surface area contributed by atoms with E-state index in [9.17, 15) is 14.7 Å². The maximum absolute atomic E-state index is 12.7. The van der Waals surface area contributed by atoms with Crippen LogP contribution in [0.4, 0.5) is 0 Å². The number of carbonyl (C=O) groups is 2. The lowest BCUT2D eigenvalue weighted by Gasteiger charge is -2.32. The number of fused-ring (bicyclic) bond motifs is 2. The molecule has 2 aliphatic carbocycles. The highest BCUT2D eigenvalue weighted by molar-refractivity contribution is 5.71. The van der Waals surface area contributed by atoms with Crippen LogP contribution in [0.5, 0.6) is 5.75 Å². The molecule has 246 valence electrons. The molecule has 1 fully saturated rings. The molecule has 7 heteroatoms. The van der Waals surface area contributed by atoms with Crippen molar-refractivity contribution in [3.05, 3.63) is 101 Å². The second-order valence-corrected chi connectivity index (χ2v) is 12.8. The van der Waals surface area contributed by atoms with E-state index in [1.165, 1.54) is 5.56 Å². The average molecular weight is 629 g/mol. The third kappa shape index (κ3) is 9.66. The van der Waals surface area contributed by atoms with Crippen LogP contribution in [0.3, 0.4) is 0 Å². The lowest BCUT2D eigenvalue weighted by Crippen LogP contribution is -2.29. The van der Waals surface area contributed by atoms with Crippen molar-refractivity contribution < 1.29 is 33.6 Å². The minimum Gasteiger partial charge on any atom is -0.482 e. The SMILES string of the molecule is CCCCC[C@@H](CC[C@@H]1[C@H]2Cc3cccc(OCC(=O)OCc4ccccc4)c3C[C@H]2C[C@H]1O)OC(=O)COCc1ccccc1. The third-order valence-corrected chi connectivity index (χ3v) is 9.52. The van der Waals surface area contributed by atoms with Crippen molar-refractivity contribution in [2.24, 2.45) is 17.8 Å². The minimum absolute atomic E-state index is 0.0676. The Morgan fingerprint density at radius 2 is 1.57 bits per heavy atom. The number of ether oxygens (including phenoxy) is 4. The standard InChI is InChI=1S/C39H48O7/c1-2-3-6-17-32(46-39(42)26-43-24-28-12-7-4-8-13-28)19-20-33-34-21-30-16-11-18-37(35(30)22-31(34)23-36(33)40)44-27-38(41)45-25-29-14-9-5-10-15-29/h4-5,7-16,18,31-34,36,40H,2-3,6,17,19-27H2,1H3/t31-,32-,33+,34-,36+/m0/s1. The summed E-state index contributed by atoms with van der Waals surface area (Å²) < 4.78 is 22.9. The van der Waals surface area contributed by atoms with Crippen LogP contribution in [0, 0.1) is 17.8 Å². The summed E-state index contributed by atoms with van der Waals surface area (Å²) in [6.07, 6.45) is 7.45. The van der Waals surface area contributed by atoms with Gasteiger partial charge in [-0.1, -0.05) is 92.6 Å². The van der Waals surface area contributed by atoms with E-state index in [0.29, 0.717) is 18.4 Å². The first-order valence-electron chi connectivity index (χ1n) is 16.9. The molecule has 0 bridgehead atoms. The molecule has 2 aliphatic rings. The molecule has 3 aromatic carbocycles. The van der Waals surface area contributed by atoms with Crippen LogP contribution >= 0.6 is 0 Å². The molecule has 5 rings (SSSR count). The van der Waals surface area contributed by atoms with Gasteiger partial charge in [-0.25, -0.2) is 9.59 Å². The molecule has 46 heavy (non-hydrogen) atoms. The Morgan fingerprint density at radius 1 is 0.826 bits per heavy atom. The largest absolute Gasteiger partial charge is 0.482 e. The summed E-state index contributed by atoms with van der Waals surface area (Å²) in [6, 6.07) is 25.4. The zero-order chi connectivity index (χ0) is 32.1. The first kappa shape index (κ1) is 33.7. The van der Waals surface area contributed by atoms with Gasteiger partial charge in [0.25, 0.3) is 0 Å². The Kier molecular flexibility index (Phi) is 12.7. The number of esters is 2. The molecule has 0 amide bonds. The Bertz CT molecular complexity index is 1380. The van der Waals surface area contributed by atoms with Gasteiger partial charge in [0.1, 0.15) is 25.1 Å². The minimum atomic E-state index is -0.400. The Hall–Kier alpha value is -3.68. The summed E-state index contributed by atoms with van der Waals surface area (Å²) in [7, 11) is 0. The van der Waals surface area contributed by atoms with E-state index in [1.807, 2.05) is 72.8 Å². The molecule has 0 aliphatic heterocycles. The summed E-state index contributed by atoms with van der Waals surface area (Å²) in [5, 5.41) is 11.2. The molecule has 0 heterocycles. The summed E-state index contributed by atoms with van der Waals surface area (Å²) in [5.41, 5.74) is 4.31. The fraction of sp³-hybridized carbons (Fsp3) is 0.487. The zero-order valence-electron chi connectivity index (χ0n) is 27.0. The number of aliphatic hydroxyl groups excluding tert-OH is 1. The summed E-state index contributed by atoms with van der Waals surface area (Å²) in [4.78, 5) is 25.1. The predicted octanol–water partition coefficient (Wildman–Crippen LogP) is 7.01. The van der Waals surface area contributed by atoms with Crippen LogP contribution in [0.25, 0.3) is 0 Å². The highest BCUT2D eigenvalue weighted by atomic mass is 16.6. The smallest absolute Gasteiger partial charge is 0.344 e. The molecule has 5 atom stereocenters. The van der Waals surface area contributed by atoms with Crippen molar-refractivity contribution in [1.29, 1.82) is 0 Å². The van der Waals surface area contributed by atoms with Gasteiger partial charge in [0, 0.05) is 0 Å². The van der Waals surface area contributed by atoms with Gasteiger partial charge in [-0.05, 0) is 91.0 Å². The van der Waals surface area contributed by atoms with Gasteiger partial charge in [0.2, 0.25) is 0 Å². The molecule has 0 radical (unpaired) electrons. The summed E-state index contributed by atoms with van der Waals surface area (Å²) >= 11 is 0. The van der Waals surface area contributed by atoms with Crippen molar-refractivity contribution in [1.82, 2.24) is 0 Å². The number of carbonyl (C=O) groups excluding carboxylic acids is 2. The Labute approximate surface area is 273 Å². The number of hydrogen-bond acceptors (Lipinski definition) is 7. The van der Waals surface area contributed by atoms with Gasteiger partial charge < -0.3 is 24.1 Å². The highest BCUT2D eigenvalue weighted by Crippen LogP contribution is 2.48. The number of unbranched alkanes of at least 4 members (excludes halogenated alkanes) is 2. The van der Waals surface area contributed by atoms with Gasteiger partial charge in [0.05, 0.1) is 12.7 Å². The lowest BCUT2D eigenvalue weighted by molar-refractivity contribution is -0.156. The Morgan fingerprint density at radius 3 is 2.30 bits per heavy atom. The topological polar surface area (TPSA) is 91.3 Å². The average Bonchev–Trinajstić information content (AvgIpc) is 3.38. The molecule has 0 unspecified atom stereocenters. The predicted molar refractivity (Wildman–Crippen MR) is 176 cm³/mol. The maximum atomic E-state index is 12.7. The van der Waals surface area contributed by atoms with E-state index in [1.54, 1.807) is 0 Å². The van der Waals surface area contributed by atoms with Crippen LogP contribution in [0.1, 0.15) is 74.1 Å². The fourth-order valence-electron chi connectivity index (χ4n) is 7.16. The summed E-state index contributed by atoms with van der Waals surface area (Å²) in [6.45, 7) is 2.56. The monoisotopic (exact) mass is 628 g/mol. The first-order valence-corrected chi connectivity index (χ1v) is 16.9. The molecular formula is C39H48O7. The maximum Gasteiger partial charge on any atom is 0.344 e. The second kappa shape index (κ2) is 17.3. The normalized spacial score (nSPS) is 20.7. The molecule has 7 nitrogen and oxygen atoms in total. The molecule has 0 saturated heterocycles. The third-order valence-electron chi connectivity index (χ3n) is 9.52. The van der Waals surface area contributed by atoms with Crippen molar-refractivity contribution in [3.8, 4) is 5.75 Å². The zero-order valence-corrected chi connectivity index (χ0v) is 27.0. The second-order valence-electron chi connectivity index (χ2n) is 12.8. The van der Waals surface area contributed by atoms with Gasteiger partial charge in [-0.15, -0.1) is 0 Å². The van der Waals surface area contributed by atoms with Crippen LogP contribution < -0.4 is 4.74 Å². The lowest BCUT2D eigenvalue weighted by atomic mass is 9.73. The summed E-state index contributed by atoms with van der Waals surface area (Å²) in [5.74, 6) is 0.846. The number of benzene rings is 3. The molecule has 3 aromatic rings. The quantitative estimate of drug-likeness (QED) is 0.127. The van der Waals surface area contributed by atoms with Crippen LogP contribution in [-0.2, 0) is 49.9 Å². The van der Waals surface area contributed by atoms with Crippen LogP contribution in [0.15, 0.2) is 78.9 Å². The van der Waals surface area contributed by atoms with Crippen LogP contribution in [0.2, 0.25) is 0 Å².